The molecule has 4 heteroatoms. The van der Waals surface area contributed by atoms with Crippen molar-refractivity contribution in [3.8, 4) is 0 Å². The van der Waals surface area contributed by atoms with Gasteiger partial charge in [-0.2, -0.15) is 0 Å². The number of thioether (sulfide) groups is 1. The average molecular weight is 331 g/mol. The van der Waals surface area contributed by atoms with Crippen LogP contribution in [-0.4, -0.2) is 29.8 Å². The van der Waals surface area contributed by atoms with Gasteiger partial charge in [0.1, 0.15) is 0 Å². The summed E-state index contributed by atoms with van der Waals surface area (Å²) in [5, 5.41) is 0. The van der Waals surface area contributed by atoms with Gasteiger partial charge >= 0.3 is 0 Å². The molecule has 0 aliphatic rings. The summed E-state index contributed by atoms with van der Waals surface area (Å²) in [6, 6.07) is 10.3. The lowest BCUT2D eigenvalue weighted by molar-refractivity contribution is 0.102. The first kappa shape index (κ1) is 17.8. The predicted octanol–water partition coefficient (Wildman–Crippen LogP) is 4.42. The maximum Gasteiger partial charge on any atom is 0.174 e. The Balaban J connectivity index is 2.01. The van der Waals surface area contributed by atoms with Crippen molar-refractivity contribution in [1.29, 1.82) is 0 Å². The van der Waals surface area contributed by atoms with Crippen molar-refractivity contribution in [2.75, 3.05) is 19.5 Å². The number of hydrogen-bond donors (Lipinski definition) is 0. The quantitative estimate of drug-likeness (QED) is 0.407. The molecule has 23 heavy (non-hydrogen) atoms. The van der Waals surface area contributed by atoms with Gasteiger partial charge in [0.05, 0.1) is 5.75 Å². The number of carbonyl (C=O) groups is 1. The normalized spacial score (nSPS) is 11.0. The van der Waals surface area contributed by atoms with Crippen LogP contribution in [0.3, 0.4) is 0 Å². The van der Waals surface area contributed by atoms with Crippen molar-refractivity contribution in [3.63, 3.8) is 0 Å². The van der Waals surface area contributed by atoms with Crippen molar-refractivity contribution in [2.45, 2.75) is 38.6 Å². The molecule has 0 unspecified atom stereocenters. The number of carbonyl (C=O) groups excluding carboxylic acids is 1. The second-order valence-corrected chi connectivity index (χ2v) is 6.86. The fourth-order valence-electron chi connectivity index (χ4n) is 2.66. The summed E-state index contributed by atoms with van der Waals surface area (Å²) in [7, 11) is 1.71. The van der Waals surface area contributed by atoms with Gasteiger partial charge in [0.25, 0.3) is 0 Å². The van der Waals surface area contributed by atoms with Crippen LogP contribution in [0, 0.1) is 20.8 Å². The number of ether oxygens (including phenoxy) is 1. The number of aryl methyl sites for hydroxylation is 2. The standard InChI is InChI=1S/C19H25NO2S/c1-14-6-8-17(9-7-14)23-13-19(21)18-12-15(2)20(16(18)3)10-5-11-22-4/h6-9,12H,5,10-11,13H2,1-4H3. The molecular formula is C19H25NO2S. The van der Waals surface area contributed by atoms with Crippen molar-refractivity contribution >= 4 is 17.5 Å². The monoisotopic (exact) mass is 331 g/mol. The molecule has 1 aromatic carbocycles. The Kier molecular flexibility index (Phi) is 6.48. The van der Waals surface area contributed by atoms with Crippen LogP contribution >= 0.6 is 11.8 Å². The van der Waals surface area contributed by atoms with Gasteiger partial charge in [-0.25, -0.2) is 0 Å². The van der Waals surface area contributed by atoms with Gasteiger partial charge < -0.3 is 9.30 Å². The summed E-state index contributed by atoms with van der Waals surface area (Å²) >= 11 is 1.60. The summed E-state index contributed by atoms with van der Waals surface area (Å²) in [5.74, 6) is 0.674. The first-order valence-electron chi connectivity index (χ1n) is 7.91. The van der Waals surface area contributed by atoms with Crippen molar-refractivity contribution < 1.29 is 9.53 Å². The summed E-state index contributed by atoms with van der Waals surface area (Å²) in [5.41, 5.74) is 4.29. The lowest BCUT2D eigenvalue weighted by Gasteiger charge is -2.09. The van der Waals surface area contributed by atoms with Crippen LogP contribution in [0.5, 0.6) is 0 Å². The Hall–Kier alpha value is -1.52. The van der Waals surface area contributed by atoms with E-state index in [0.29, 0.717) is 5.75 Å². The predicted molar refractivity (Wildman–Crippen MR) is 96.6 cm³/mol. The van der Waals surface area contributed by atoms with Gasteiger partial charge in [-0.3, -0.25) is 4.79 Å². The molecule has 0 N–H and O–H groups in total. The Bertz CT molecular complexity index is 659. The van der Waals surface area contributed by atoms with Crippen LogP contribution < -0.4 is 0 Å². The summed E-state index contributed by atoms with van der Waals surface area (Å²) in [6.45, 7) is 7.79. The van der Waals surface area contributed by atoms with E-state index in [9.17, 15) is 4.79 Å². The Morgan fingerprint density at radius 2 is 1.87 bits per heavy atom. The smallest absolute Gasteiger partial charge is 0.174 e. The molecule has 2 rings (SSSR count). The molecule has 0 radical (unpaired) electrons. The molecule has 0 bridgehead atoms. The molecule has 3 nitrogen and oxygen atoms in total. The van der Waals surface area contributed by atoms with Crippen molar-refractivity contribution in [2.24, 2.45) is 0 Å². The van der Waals surface area contributed by atoms with Gasteiger partial charge in [-0.1, -0.05) is 17.7 Å². The number of hydrogen-bond acceptors (Lipinski definition) is 3. The molecule has 0 aliphatic heterocycles. The average Bonchev–Trinajstić information content (AvgIpc) is 2.82. The molecular weight excluding hydrogens is 306 g/mol. The summed E-state index contributed by atoms with van der Waals surface area (Å²) in [6.07, 6.45) is 0.957. The van der Waals surface area contributed by atoms with E-state index in [0.717, 1.165) is 41.4 Å². The molecule has 124 valence electrons. The topological polar surface area (TPSA) is 31.2 Å². The number of aromatic nitrogens is 1. The van der Waals surface area contributed by atoms with Crippen LogP contribution in [0.1, 0.15) is 33.7 Å². The minimum Gasteiger partial charge on any atom is -0.385 e. The van der Waals surface area contributed by atoms with Crippen molar-refractivity contribution in [3.05, 3.63) is 52.8 Å². The summed E-state index contributed by atoms with van der Waals surface area (Å²) in [4.78, 5) is 13.7. The van der Waals surface area contributed by atoms with E-state index in [-0.39, 0.29) is 5.78 Å². The third-order valence-corrected chi connectivity index (χ3v) is 5.01. The molecule has 0 spiro atoms. The SMILES string of the molecule is COCCCn1c(C)cc(C(=O)CSc2ccc(C)cc2)c1C. The lowest BCUT2D eigenvalue weighted by atomic mass is 10.2. The maximum absolute atomic E-state index is 12.5. The van der Waals surface area contributed by atoms with Crippen LogP contribution in [0.2, 0.25) is 0 Å². The van der Waals surface area contributed by atoms with Crippen LogP contribution in [-0.2, 0) is 11.3 Å². The van der Waals surface area contributed by atoms with Crippen LogP contribution in [0.15, 0.2) is 35.2 Å². The second-order valence-electron chi connectivity index (χ2n) is 5.81. The van der Waals surface area contributed by atoms with E-state index >= 15 is 0 Å². The molecule has 2 aromatic rings. The lowest BCUT2D eigenvalue weighted by Crippen LogP contribution is -2.08. The van der Waals surface area contributed by atoms with Gasteiger partial charge in [-0.15, -0.1) is 11.8 Å². The number of nitrogens with zero attached hydrogens (tertiary/aromatic N) is 1. The zero-order valence-electron chi connectivity index (χ0n) is 14.4. The van der Waals surface area contributed by atoms with E-state index in [2.05, 4.69) is 42.7 Å². The van der Waals surface area contributed by atoms with E-state index in [1.807, 2.05) is 13.0 Å². The molecule has 0 fully saturated rings. The number of benzene rings is 1. The van der Waals surface area contributed by atoms with E-state index in [4.69, 9.17) is 4.74 Å². The third kappa shape index (κ3) is 4.72. The molecule has 0 aliphatic carbocycles. The van der Waals surface area contributed by atoms with Crippen molar-refractivity contribution in [1.82, 2.24) is 4.57 Å². The van der Waals surface area contributed by atoms with E-state index in [1.54, 1.807) is 18.9 Å². The molecule has 0 atom stereocenters. The van der Waals surface area contributed by atoms with Gasteiger partial charge in [0.15, 0.2) is 5.78 Å². The Labute approximate surface area is 143 Å². The van der Waals surface area contributed by atoms with Gasteiger partial charge in [0.2, 0.25) is 0 Å². The number of ketones is 1. The fraction of sp³-hybridized carbons (Fsp3) is 0.421. The molecule has 1 aromatic heterocycles. The Morgan fingerprint density at radius 3 is 2.52 bits per heavy atom. The zero-order valence-corrected chi connectivity index (χ0v) is 15.2. The minimum atomic E-state index is 0.196. The molecule has 1 heterocycles. The van der Waals surface area contributed by atoms with E-state index < -0.39 is 0 Å². The first-order valence-corrected chi connectivity index (χ1v) is 8.90. The third-order valence-electron chi connectivity index (χ3n) is 4.00. The van der Waals surface area contributed by atoms with Crippen LogP contribution in [0.4, 0.5) is 0 Å². The molecule has 0 saturated heterocycles. The first-order chi connectivity index (χ1) is 11.0. The fourth-order valence-corrected chi connectivity index (χ4v) is 3.44. The zero-order chi connectivity index (χ0) is 16.8. The van der Waals surface area contributed by atoms with Crippen LogP contribution in [0.25, 0.3) is 0 Å². The van der Waals surface area contributed by atoms with Gasteiger partial charge in [-0.05, 0) is 45.4 Å². The number of Topliss-reactive ketones (excluding diaryl/α,β-unsaturated/α-hetero) is 1. The maximum atomic E-state index is 12.5. The highest BCUT2D eigenvalue weighted by atomic mass is 32.2. The molecule has 0 amide bonds. The van der Waals surface area contributed by atoms with E-state index in [1.165, 1.54) is 5.56 Å². The number of rotatable bonds is 8. The summed E-state index contributed by atoms with van der Waals surface area (Å²) < 4.78 is 7.32. The second kappa shape index (κ2) is 8.37. The minimum absolute atomic E-state index is 0.196. The van der Waals surface area contributed by atoms with Gasteiger partial charge in [0, 0.05) is 42.1 Å². The number of methoxy groups -OCH3 is 1. The molecule has 0 saturated carbocycles. The Morgan fingerprint density at radius 1 is 1.17 bits per heavy atom. The highest BCUT2D eigenvalue weighted by Crippen LogP contribution is 2.22. The highest BCUT2D eigenvalue weighted by molar-refractivity contribution is 8.00. The highest BCUT2D eigenvalue weighted by Gasteiger charge is 2.15. The largest absolute Gasteiger partial charge is 0.385 e.